The normalized spacial score (nSPS) is 39.6. The fourth-order valence-corrected chi connectivity index (χ4v) is 5.87. The van der Waals surface area contributed by atoms with Crippen LogP contribution in [0.1, 0.15) is 50.2 Å². The molecule has 4 rings (SSSR count). The number of hydrogen-bond donors (Lipinski definition) is 2. The fraction of sp³-hybridized carbons (Fsp3) is 0.632. The molecule has 0 heterocycles. The Morgan fingerprint density at radius 1 is 1.12 bits per heavy atom. The lowest BCUT2D eigenvalue weighted by molar-refractivity contribution is -0.149. The molecule has 0 aliphatic heterocycles. The van der Waals surface area contributed by atoms with Crippen molar-refractivity contribution in [3.05, 3.63) is 23.3 Å². The highest BCUT2D eigenvalue weighted by Crippen LogP contribution is 2.68. The van der Waals surface area contributed by atoms with Gasteiger partial charge < -0.3 is 15.0 Å². The predicted molar refractivity (Wildman–Crippen MR) is 84.3 cm³/mol. The van der Waals surface area contributed by atoms with Crippen LogP contribution in [0.25, 0.3) is 0 Å². The number of halogens is 2. The van der Waals surface area contributed by atoms with Gasteiger partial charge in [-0.2, -0.15) is 0 Å². The van der Waals surface area contributed by atoms with Crippen molar-refractivity contribution in [1.82, 2.24) is 0 Å². The van der Waals surface area contributed by atoms with Gasteiger partial charge >= 0.3 is 0 Å². The topological polar surface area (TPSA) is 57.5 Å². The Morgan fingerprint density at radius 3 is 2.58 bits per heavy atom. The molecule has 0 unspecified atom stereocenters. The Bertz CT molecular complexity index is 717. The number of aryl methyl sites for hydroxylation is 1. The molecule has 2 saturated carbocycles. The van der Waals surface area contributed by atoms with Crippen LogP contribution in [-0.4, -0.2) is 22.4 Å². The second-order valence-corrected chi connectivity index (χ2v) is 8.04. The lowest BCUT2D eigenvalue weighted by atomic mass is 9.48. The van der Waals surface area contributed by atoms with Crippen molar-refractivity contribution in [2.75, 3.05) is 0 Å². The number of benzene rings is 1. The van der Waals surface area contributed by atoms with E-state index in [1.165, 1.54) is 6.07 Å². The van der Waals surface area contributed by atoms with E-state index in [9.17, 15) is 23.8 Å². The number of carbonyl (C=O) groups is 1. The summed E-state index contributed by atoms with van der Waals surface area (Å²) in [5, 5.41) is 20.3. The van der Waals surface area contributed by atoms with Crippen LogP contribution in [-0.2, 0) is 16.6 Å². The molecule has 4 atom stereocenters. The van der Waals surface area contributed by atoms with Gasteiger partial charge in [0, 0.05) is 17.4 Å². The summed E-state index contributed by atoms with van der Waals surface area (Å²) in [7, 11) is 0. The summed E-state index contributed by atoms with van der Waals surface area (Å²) in [5.41, 5.74) is -0.706. The third-order valence-electron chi connectivity index (χ3n) is 7.27. The van der Waals surface area contributed by atoms with E-state index in [-0.39, 0.29) is 36.2 Å². The van der Waals surface area contributed by atoms with Gasteiger partial charge in [-0.3, -0.25) is 0 Å². The van der Waals surface area contributed by atoms with Crippen molar-refractivity contribution < 1.29 is 23.8 Å². The number of hydrogen-bond acceptors (Lipinski definition) is 3. The summed E-state index contributed by atoms with van der Waals surface area (Å²) >= 11 is 0. The summed E-state index contributed by atoms with van der Waals surface area (Å²) in [6.07, 6.45) is 3.01. The quantitative estimate of drug-likeness (QED) is 0.603. The Morgan fingerprint density at radius 2 is 1.88 bits per heavy atom. The van der Waals surface area contributed by atoms with Crippen molar-refractivity contribution in [3.63, 3.8) is 0 Å². The van der Waals surface area contributed by atoms with Gasteiger partial charge in [-0.05, 0) is 55.6 Å². The summed E-state index contributed by atoms with van der Waals surface area (Å²) in [6.45, 7) is 1.66. The Labute approximate surface area is 139 Å². The number of aldehydes is 1. The number of alkyl halides is 2. The molecule has 3 aliphatic carbocycles. The number of rotatable bonds is 1. The maximum absolute atomic E-state index is 14.5. The van der Waals surface area contributed by atoms with Gasteiger partial charge in [0.1, 0.15) is 6.29 Å². The molecule has 0 bridgehead atoms. The zero-order valence-electron chi connectivity index (χ0n) is 13.7. The Hall–Kier alpha value is -1.65. The lowest BCUT2D eigenvalue weighted by Gasteiger charge is -2.54. The van der Waals surface area contributed by atoms with Crippen molar-refractivity contribution in [2.45, 2.75) is 56.8 Å². The number of aromatic hydroxyl groups is 2. The van der Waals surface area contributed by atoms with E-state index in [1.807, 2.05) is 0 Å². The van der Waals surface area contributed by atoms with Gasteiger partial charge in [0.2, 0.25) is 0 Å². The van der Waals surface area contributed by atoms with E-state index in [0.717, 1.165) is 11.8 Å². The molecule has 1 aromatic carbocycles. The van der Waals surface area contributed by atoms with Crippen LogP contribution in [0.4, 0.5) is 8.78 Å². The molecular weight excluding hydrogens is 314 g/mol. The molecule has 0 saturated heterocycles. The number of phenols is 2. The summed E-state index contributed by atoms with van der Waals surface area (Å²) in [6, 6.07) is 3.17. The lowest BCUT2D eigenvalue weighted by Crippen LogP contribution is -2.55. The Balaban J connectivity index is 1.89. The minimum atomic E-state index is -2.70. The second-order valence-electron chi connectivity index (χ2n) is 8.04. The SMILES string of the molecule is C[C@]12CC[C@]3(C=O)c4c(ccc(O)c4O)CC[C@H]3[C@@H]1CCC2(F)F. The van der Waals surface area contributed by atoms with E-state index in [0.29, 0.717) is 31.2 Å². The molecular formula is C19H22F2O3. The first-order valence-corrected chi connectivity index (χ1v) is 8.65. The minimum Gasteiger partial charge on any atom is -0.504 e. The Kier molecular flexibility index (Phi) is 3.11. The van der Waals surface area contributed by atoms with E-state index in [2.05, 4.69) is 0 Å². The van der Waals surface area contributed by atoms with Crippen molar-refractivity contribution in [3.8, 4) is 11.5 Å². The molecule has 24 heavy (non-hydrogen) atoms. The largest absolute Gasteiger partial charge is 0.504 e. The standard InChI is InChI=1S/C19H22F2O3/c1-17-8-9-18(10-22)13(12(17)6-7-19(17,20)21)4-2-11-3-5-14(23)16(24)15(11)18/h3,5,10,12-13,23-24H,2,4,6-9H2,1H3/t12-,13-,17-,18+/m0/s1. The maximum atomic E-state index is 14.5. The van der Waals surface area contributed by atoms with Gasteiger partial charge in [-0.1, -0.05) is 13.0 Å². The van der Waals surface area contributed by atoms with E-state index in [1.54, 1.807) is 13.0 Å². The van der Waals surface area contributed by atoms with Crippen molar-refractivity contribution >= 4 is 6.29 Å². The van der Waals surface area contributed by atoms with Crippen LogP contribution in [0.15, 0.2) is 12.1 Å². The van der Waals surface area contributed by atoms with Crippen molar-refractivity contribution in [2.24, 2.45) is 17.3 Å². The van der Waals surface area contributed by atoms with Crippen LogP contribution in [0.5, 0.6) is 11.5 Å². The molecule has 2 fully saturated rings. The van der Waals surface area contributed by atoms with Crippen LogP contribution in [0.2, 0.25) is 0 Å². The van der Waals surface area contributed by atoms with Crippen LogP contribution in [0, 0.1) is 17.3 Å². The molecule has 3 aliphatic rings. The first-order chi connectivity index (χ1) is 11.3. The highest BCUT2D eigenvalue weighted by Gasteiger charge is 2.67. The monoisotopic (exact) mass is 336 g/mol. The van der Waals surface area contributed by atoms with Gasteiger partial charge in [0.25, 0.3) is 5.92 Å². The fourth-order valence-electron chi connectivity index (χ4n) is 5.87. The average molecular weight is 336 g/mol. The molecule has 130 valence electrons. The van der Waals surface area contributed by atoms with E-state index >= 15 is 0 Å². The van der Waals surface area contributed by atoms with Gasteiger partial charge in [0.05, 0.1) is 5.41 Å². The van der Waals surface area contributed by atoms with Crippen molar-refractivity contribution in [1.29, 1.82) is 0 Å². The average Bonchev–Trinajstić information content (AvgIpc) is 2.80. The number of fused-ring (bicyclic) bond motifs is 5. The molecule has 5 heteroatoms. The van der Waals surface area contributed by atoms with Gasteiger partial charge in [-0.25, -0.2) is 8.78 Å². The third-order valence-corrected chi connectivity index (χ3v) is 7.27. The predicted octanol–water partition coefficient (Wildman–Crippen LogP) is 3.94. The molecule has 0 spiro atoms. The zero-order chi connectivity index (χ0) is 17.3. The maximum Gasteiger partial charge on any atom is 0.253 e. The summed E-state index contributed by atoms with van der Waals surface area (Å²) in [5.74, 6) is -3.64. The zero-order valence-corrected chi connectivity index (χ0v) is 13.7. The van der Waals surface area contributed by atoms with Gasteiger partial charge in [-0.15, -0.1) is 0 Å². The smallest absolute Gasteiger partial charge is 0.253 e. The highest BCUT2D eigenvalue weighted by atomic mass is 19.3. The van der Waals surface area contributed by atoms with Crippen LogP contribution in [0.3, 0.4) is 0 Å². The summed E-state index contributed by atoms with van der Waals surface area (Å²) in [4.78, 5) is 12.2. The van der Waals surface area contributed by atoms with Gasteiger partial charge in [0.15, 0.2) is 11.5 Å². The first kappa shape index (κ1) is 15.9. The summed E-state index contributed by atoms with van der Waals surface area (Å²) < 4.78 is 29.0. The highest BCUT2D eigenvalue weighted by molar-refractivity contribution is 5.75. The van der Waals surface area contributed by atoms with E-state index < -0.39 is 16.8 Å². The second kappa shape index (κ2) is 4.70. The molecule has 3 nitrogen and oxygen atoms in total. The van der Waals surface area contributed by atoms with E-state index in [4.69, 9.17) is 0 Å². The number of phenolic OH excluding ortho intramolecular Hbond substituents is 2. The minimum absolute atomic E-state index is 0.127. The molecule has 0 aromatic heterocycles. The number of carbonyl (C=O) groups excluding carboxylic acids is 1. The molecule has 0 amide bonds. The first-order valence-electron chi connectivity index (χ1n) is 8.65. The molecule has 0 radical (unpaired) electrons. The molecule has 1 aromatic rings. The molecule has 2 N–H and O–H groups in total. The van der Waals surface area contributed by atoms with Crippen LogP contribution < -0.4 is 0 Å². The van der Waals surface area contributed by atoms with Crippen LogP contribution >= 0.6 is 0 Å². The third kappa shape index (κ3) is 1.68.